The summed E-state index contributed by atoms with van der Waals surface area (Å²) in [6.07, 6.45) is 7.27. The molecule has 1 atom stereocenters. The van der Waals surface area contributed by atoms with E-state index in [9.17, 15) is 0 Å². The van der Waals surface area contributed by atoms with E-state index in [-0.39, 0.29) is 37.2 Å². The highest BCUT2D eigenvalue weighted by Gasteiger charge is 2.27. The molecule has 170 valence electrons. The van der Waals surface area contributed by atoms with E-state index in [0.717, 1.165) is 38.3 Å². The molecule has 3 aromatic rings. The summed E-state index contributed by atoms with van der Waals surface area (Å²) in [5, 5.41) is 0. The summed E-state index contributed by atoms with van der Waals surface area (Å²) in [5.41, 5.74) is 5.36. The number of hydrogen-bond donors (Lipinski definition) is 1. The van der Waals surface area contributed by atoms with E-state index < -0.39 is 0 Å². The smallest absolute Gasteiger partial charge is 0.0922 e. The molecular weight excluding hydrogens is 451 g/mol. The Balaban J connectivity index is 0.00000160. The topological polar surface area (TPSA) is 35.2 Å². The number of halogens is 3. The van der Waals surface area contributed by atoms with Gasteiger partial charge in [-0.15, -0.1) is 37.2 Å². The van der Waals surface area contributed by atoms with Gasteiger partial charge in [-0.3, -0.25) is 4.90 Å². The fourth-order valence-electron chi connectivity index (χ4n) is 4.20. The molecule has 2 heterocycles. The minimum Gasteiger partial charge on any atom is -0.364 e. The number of imidazole rings is 1. The number of fused-ring (bicyclic) bond motifs is 1. The van der Waals surface area contributed by atoms with Gasteiger partial charge in [0.15, 0.2) is 0 Å². The van der Waals surface area contributed by atoms with Crippen LogP contribution in [0, 0.1) is 0 Å². The number of H-pyrrole nitrogens is 1. The molecule has 0 bridgehead atoms. The van der Waals surface area contributed by atoms with E-state index in [0.29, 0.717) is 6.04 Å². The number of anilines is 1. The monoisotopic (exact) mass is 482 g/mol. The predicted octanol–water partition coefficient (Wildman–Crippen LogP) is 5.91. The van der Waals surface area contributed by atoms with Crippen LogP contribution in [0.5, 0.6) is 0 Å². The number of aromatic nitrogens is 2. The van der Waals surface area contributed by atoms with Gasteiger partial charge in [0.05, 0.1) is 18.6 Å². The Morgan fingerprint density at radius 3 is 2.45 bits per heavy atom. The van der Waals surface area contributed by atoms with Gasteiger partial charge in [-0.1, -0.05) is 61.9 Å². The Morgan fingerprint density at radius 1 is 1.00 bits per heavy atom. The van der Waals surface area contributed by atoms with Crippen molar-refractivity contribution < 1.29 is 0 Å². The third-order valence-electron chi connectivity index (χ3n) is 5.68. The lowest BCUT2D eigenvalue weighted by Crippen LogP contribution is -2.43. The predicted molar refractivity (Wildman–Crippen MR) is 137 cm³/mol. The zero-order valence-electron chi connectivity index (χ0n) is 17.9. The van der Waals surface area contributed by atoms with Crippen molar-refractivity contribution in [1.29, 1.82) is 0 Å². The van der Waals surface area contributed by atoms with Gasteiger partial charge in [-0.25, -0.2) is 4.98 Å². The number of rotatable bonds is 7. The molecule has 0 saturated heterocycles. The van der Waals surface area contributed by atoms with Crippen molar-refractivity contribution in [3.8, 4) is 0 Å². The van der Waals surface area contributed by atoms with Gasteiger partial charge in [-0.2, -0.15) is 0 Å². The number of benzene rings is 2. The lowest BCUT2D eigenvalue weighted by molar-refractivity contribution is 0.190. The molecule has 1 aliphatic rings. The molecule has 31 heavy (non-hydrogen) atoms. The largest absolute Gasteiger partial charge is 0.364 e. The third-order valence-corrected chi connectivity index (χ3v) is 5.68. The molecule has 4 nitrogen and oxygen atoms in total. The molecule has 0 amide bonds. The maximum absolute atomic E-state index is 4.22. The van der Waals surface area contributed by atoms with Gasteiger partial charge >= 0.3 is 0 Å². The molecule has 1 aliphatic heterocycles. The molecule has 0 spiro atoms. The molecule has 1 unspecified atom stereocenters. The number of nitrogens with zero attached hydrogens (tertiary/aromatic N) is 3. The average Bonchev–Trinajstić information content (AvgIpc) is 3.19. The number of hydrogen-bond acceptors (Lipinski definition) is 3. The Kier molecular flexibility index (Phi) is 12.0. The average molecular weight is 484 g/mol. The highest BCUT2D eigenvalue weighted by molar-refractivity contribution is 5.86. The quantitative estimate of drug-likeness (QED) is 0.454. The van der Waals surface area contributed by atoms with E-state index in [2.05, 4.69) is 81.3 Å². The van der Waals surface area contributed by atoms with Gasteiger partial charge in [0.1, 0.15) is 0 Å². The maximum atomic E-state index is 4.22. The van der Waals surface area contributed by atoms with Crippen LogP contribution in [0.3, 0.4) is 0 Å². The minimum absolute atomic E-state index is 0. The lowest BCUT2D eigenvalue weighted by Gasteiger charge is -2.32. The van der Waals surface area contributed by atoms with E-state index >= 15 is 0 Å². The summed E-state index contributed by atoms with van der Waals surface area (Å²) in [5.74, 6) is 0. The molecule has 7 heteroatoms. The summed E-state index contributed by atoms with van der Waals surface area (Å²) in [6, 6.07) is 20.3. The molecular formula is C24H33Cl3N4. The number of para-hydroxylation sites is 1. The Hall–Kier alpha value is -1.72. The Bertz CT molecular complexity index is 858. The van der Waals surface area contributed by atoms with Gasteiger partial charge in [0.2, 0.25) is 0 Å². The summed E-state index contributed by atoms with van der Waals surface area (Å²) >= 11 is 0. The summed E-state index contributed by atoms with van der Waals surface area (Å²) < 4.78 is 0. The van der Waals surface area contributed by atoms with Crippen LogP contribution in [0.2, 0.25) is 0 Å². The third kappa shape index (κ3) is 7.15. The van der Waals surface area contributed by atoms with Gasteiger partial charge in [0.25, 0.3) is 0 Å². The van der Waals surface area contributed by atoms with Crippen molar-refractivity contribution in [2.45, 2.75) is 45.3 Å². The molecule has 0 saturated carbocycles. The summed E-state index contributed by atoms with van der Waals surface area (Å²) in [6.45, 7) is 6.34. The molecule has 2 aromatic carbocycles. The zero-order valence-corrected chi connectivity index (χ0v) is 20.4. The molecule has 4 rings (SSSR count). The van der Waals surface area contributed by atoms with Crippen molar-refractivity contribution >= 4 is 42.9 Å². The van der Waals surface area contributed by atoms with Crippen LogP contribution in [-0.4, -0.2) is 34.0 Å². The molecule has 0 fully saturated rings. The second kappa shape index (κ2) is 13.6. The number of unbranched alkanes of at least 4 members (excludes halogenated alkanes) is 1. The Labute approximate surface area is 204 Å². The van der Waals surface area contributed by atoms with Crippen LogP contribution >= 0.6 is 37.2 Å². The van der Waals surface area contributed by atoms with E-state index in [1.54, 1.807) is 6.33 Å². The van der Waals surface area contributed by atoms with E-state index in [1.807, 2.05) is 6.20 Å². The SMILES string of the molecule is CCCCN1Cc2ccccc2N(Cc2cnc[nH]2)CC1Cc1ccccc1.Cl.Cl.Cl. The van der Waals surface area contributed by atoms with E-state index in [1.165, 1.54) is 29.7 Å². The maximum Gasteiger partial charge on any atom is 0.0922 e. The Morgan fingerprint density at radius 2 is 1.74 bits per heavy atom. The number of nitrogens with one attached hydrogen (secondary N) is 1. The van der Waals surface area contributed by atoms with Crippen LogP contribution in [-0.2, 0) is 19.5 Å². The van der Waals surface area contributed by atoms with Gasteiger partial charge < -0.3 is 9.88 Å². The zero-order chi connectivity index (χ0) is 19.2. The highest BCUT2D eigenvalue weighted by atomic mass is 35.5. The second-order valence-corrected chi connectivity index (χ2v) is 7.75. The number of aromatic amines is 1. The first-order valence-corrected chi connectivity index (χ1v) is 10.4. The van der Waals surface area contributed by atoms with Crippen LogP contribution < -0.4 is 4.90 Å². The van der Waals surface area contributed by atoms with Crippen LogP contribution in [0.25, 0.3) is 0 Å². The fraction of sp³-hybridized carbons (Fsp3) is 0.375. The van der Waals surface area contributed by atoms with Crippen molar-refractivity contribution in [3.63, 3.8) is 0 Å². The van der Waals surface area contributed by atoms with Crippen molar-refractivity contribution in [3.05, 3.63) is 83.9 Å². The van der Waals surface area contributed by atoms with Crippen molar-refractivity contribution in [2.75, 3.05) is 18.0 Å². The van der Waals surface area contributed by atoms with Gasteiger partial charge in [-0.05, 0) is 36.6 Å². The fourth-order valence-corrected chi connectivity index (χ4v) is 4.20. The second-order valence-electron chi connectivity index (χ2n) is 7.75. The minimum atomic E-state index is 0. The van der Waals surface area contributed by atoms with E-state index in [4.69, 9.17) is 0 Å². The van der Waals surface area contributed by atoms with Crippen molar-refractivity contribution in [2.24, 2.45) is 0 Å². The molecule has 0 radical (unpaired) electrons. The van der Waals surface area contributed by atoms with Gasteiger partial charge in [0, 0.05) is 31.0 Å². The standard InChI is InChI=1S/C24H30N4.3ClH/c1-2-3-13-27-16-21-11-7-8-12-24(21)28(17-22-15-25-19-26-22)18-23(27)14-20-9-5-4-6-10-20;;;/h4-12,15,19,23H,2-3,13-14,16-18H2,1H3,(H,25,26);3*1H. The first kappa shape index (κ1) is 27.3. The van der Waals surface area contributed by atoms with Crippen LogP contribution in [0.4, 0.5) is 5.69 Å². The normalized spacial score (nSPS) is 15.6. The van der Waals surface area contributed by atoms with Crippen molar-refractivity contribution in [1.82, 2.24) is 14.9 Å². The summed E-state index contributed by atoms with van der Waals surface area (Å²) in [4.78, 5) is 12.7. The molecule has 0 aliphatic carbocycles. The first-order chi connectivity index (χ1) is 13.8. The summed E-state index contributed by atoms with van der Waals surface area (Å²) in [7, 11) is 0. The van der Waals surface area contributed by atoms with Crippen LogP contribution in [0.15, 0.2) is 67.1 Å². The lowest BCUT2D eigenvalue weighted by atomic mass is 10.0. The molecule has 1 N–H and O–H groups in total. The first-order valence-electron chi connectivity index (χ1n) is 10.4. The molecule has 1 aromatic heterocycles. The highest BCUT2D eigenvalue weighted by Crippen LogP contribution is 2.29. The van der Waals surface area contributed by atoms with Crippen LogP contribution in [0.1, 0.15) is 36.6 Å².